The largest absolute Gasteiger partial charge is 0.465 e. The fourth-order valence-corrected chi connectivity index (χ4v) is 4.22. The maximum Gasteiger partial charge on any atom is 0.337 e. The molecular formula is C21H16BrClN4O4S. The molecule has 0 bridgehead atoms. The maximum absolute atomic E-state index is 12.4. The topological polar surface area (TPSA) is 99.2 Å². The number of hydrogen-bond donors (Lipinski definition) is 1. The van der Waals surface area contributed by atoms with E-state index in [-0.39, 0.29) is 17.2 Å². The van der Waals surface area contributed by atoms with Gasteiger partial charge < -0.3 is 19.0 Å². The van der Waals surface area contributed by atoms with Crippen LogP contribution >= 0.6 is 39.3 Å². The predicted octanol–water partition coefficient (Wildman–Crippen LogP) is 5.16. The minimum absolute atomic E-state index is 0.0673. The van der Waals surface area contributed by atoms with Crippen molar-refractivity contribution in [2.24, 2.45) is 7.05 Å². The molecule has 0 atom stereocenters. The van der Waals surface area contributed by atoms with Crippen molar-refractivity contribution < 1.29 is 18.7 Å². The van der Waals surface area contributed by atoms with Crippen molar-refractivity contribution in [3.05, 3.63) is 57.5 Å². The lowest BCUT2D eigenvalue weighted by molar-refractivity contribution is -0.113. The Kier molecular flexibility index (Phi) is 6.54. The minimum Gasteiger partial charge on any atom is -0.465 e. The highest BCUT2D eigenvalue weighted by Crippen LogP contribution is 2.30. The maximum atomic E-state index is 12.4. The first kappa shape index (κ1) is 22.4. The van der Waals surface area contributed by atoms with Gasteiger partial charge in [0.1, 0.15) is 5.58 Å². The number of ether oxygens (including phenoxy) is 1. The molecule has 2 heterocycles. The molecule has 1 N–H and O–H groups in total. The van der Waals surface area contributed by atoms with E-state index in [0.29, 0.717) is 27.5 Å². The lowest BCUT2D eigenvalue weighted by Gasteiger charge is -2.09. The summed E-state index contributed by atoms with van der Waals surface area (Å²) in [6, 6.07) is 12.1. The second-order valence-electron chi connectivity index (χ2n) is 6.68. The molecule has 8 nitrogen and oxygen atoms in total. The summed E-state index contributed by atoms with van der Waals surface area (Å²) < 4.78 is 13.3. The average Bonchev–Trinajstić information content (AvgIpc) is 3.35. The summed E-state index contributed by atoms with van der Waals surface area (Å²) in [6.45, 7) is 0. The van der Waals surface area contributed by atoms with Gasteiger partial charge in [0.2, 0.25) is 5.91 Å². The zero-order valence-corrected chi connectivity index (χ0v) is 20.0. The third-order valence-corrected chi connectivity index (χ3v) is 6.37. The molecule has 2 aromatic heterocycles. The van der Waals surface area contributed by atoms with Crippen LogP contribution in [0, 0.1) is 0 Å². The molecule has 2 aromatic carbocycles. The third kappa shape index (κ3) is 4.67. The zero-order valence-electron chi connectivity index (χ0n) is 16.9. The van der Waals surface area contributed by atoms with Gasteiger partial charge in [0.15, 0.2) is 16.7 Å². The molecule has 32 heavy (non-hydrogen) atoms. The Hall–Kier alpha value is -2.82. The highest BCUT2D eigenvalue weighted by atomic mass is 79.9. The highest BCUT2D eigenvalue weighted by molar-refractivity contribution is 9.10. The summed E-state index contributed by atoms with van der Waals surface area (Å²) in [4.78, 5) is 24.1. The normalized spacial score (nSPS) is 11.0. The second kappa shape index (κ2) is 9.35. The fourth-order valence-electron chi connectivity index (χ4n) is 2.96. The SMILES string of the molecule is COC(=O)c1ccc(Cl)c(NC(=O)CSc2nnc(-c3cc4cc(Br)ccc4o3)n2C)c1. The fraction of sp³-hybridized carbons (Fsp3) is 0.143. The van der Waals surface area contributed by atoms with Crippen LogP contribution < -0.4 is 5.32 Å². The Labute approximate surface area is 200 Å². The Morgan fingerprint density at radius 2 is 2.03 bits per heavy atom. The number of aromatic nitrogens is 3. The molecule has 164 valence electrons. The number of carbonyl (C=O) groups is 2. The number of methoxy groups -OCH3 is 1. The average molecular weight is 536 g/mol. The van der Waals surface area contributed by atoms with Crippen LogP contribution in [0.4, 0.5) is 5.69 Å². The number of nitrogens with zero attached hydrogens (tertiary/aromatic N) is 3. The lowest BCUT2D eigenvalue weighted by atomic mass is 10.2. The van der Waals surface area contributed by atoms with Crippen LogP contribution in [0.1, 0.15) is 10.4 Å². The van der Waals surface area contributed by atoms with Gasteiger partial charge >= 0.3 is 5.97 Å². The molecular weight excluding hydrogens is 520 g/mol. The number of anilines is 1. The molecule has 0 saturated carbocycles. The van der Waals surface area contributed by atoms with Crippen LogP contribution in [-0.4, -0.2) is 39.5 Å². The van der Waals surface area contributed by atoms with Gasteiger partial charge in [-0.05, 0) is 42.5 Å². The number of hydrogen-bond acceptors (Lipinski definition) is 7. The molecule has 0 fully saturated rings. The van der Waals surface area contributed by atoms with Gasteiger partial charge in [-0.15, -0.1) is 10.2 Å². The number of nitrogens with one attached hydrogen (secondary N) is 1. The smallest absolute Gasteiger partial charge is 0.337 e. The summed E-state index contributed by atoms with van der Waals surface area (Å²) >= 11 is 10.8. The van der Waals surface area contributed by atoms with Crippen LogP contribution in [-0.2, 0) is 16.6 Å². The van der Waals surface area contributed by atoms with E-state index < -0.39 is 5.97 Å². The number of furan rings is 1. The Morgan fingerprint density at radius 1 is 1.22 bits per heavy atom. The summed E-state index contributed by atoms with van der Waals surface area (Å²) in [5, 5.41) is 12.9. The van der Waals surface area contributed by atoms with Crippen molar-refractivity contribution in [1.82, 2.24) is 14.8 Å². The van der Waals surface area contributed by atoms with Gasteiger partial charge in [0.25, 0.3) is 0 Å². The molecule has 0 radical (unpaired) electrons. The molecule has 0 saturated heterocycles. The van der Waals surface area contributed by atoms with Gasteiger partial charge in [-0.1, -0.05) is 39.3 Å². The summed E-state index contributed by atoms with van der Waals surface area (Å²) in [6.07, 6.45) is 0. The van der Waals surface area contributed by atoms with E-state index in [1.165, 1.54) is 37.1 Å². The van der Waals surface area contributed by atoms with Crippen molar-refractivity contribution in [3.63, 3.8) is 0 Å². The number of esters is 1. The second-order valence-corrected chi connectivity index (χ2v) is 8.95. The predicted molar refractivity (Wildman–Crippen MR) is 126 cm³/mol. The minimum atomic E-state index is -0.518. The Bertz CT molecular complexity index is 1340. The van der Waals surface area contributed by atoms with E-state index in [9.17, 15) is 9.59 Å². The highest BCUT2D eigenvalue weighted by Gasteiger charge is 2.17. The Morgan fingerprint density at radius 3 is 2.81 bits per heavy atom. The quantitative estimate of drug-likeness (QED) is 0.269. The third-order valence-electron chi connectivity index (χ3n) is 4.53. The number of amides is 1. The van der Waals surface area contributed by atoms with Gasteiger partial charge in [-0.3, -0.25) is 4.79 Å². The van der Waals surface area contributed by atoms with E-state index in [0.717, 1.165) is 15.4 Å². The van der Waals surface area contributed by atoms with Crippen molar-refractivity contribution in [3.8, 4) is 11.6 Å². The van der Waals surface area contributed by atoms with Crippen LogP contribution in [0.15, 0.2) is 56.5 Å². The molecule has 4 rings (SSSR count). The summed E-state index contributed by atoms with van der Waals surface area (Å²) in [7, 11) is 3.08. The standard InChI is InChI=1S/C21H16BrClN4O4S/c1-27-19(17-9-12-7-13(22)4-6-16(12)31-17)25-26-21(27)32-10-18(28)24-15-8-11(20(29)30-2)3-5-14(15)23/h3-9H,10H2,1-2H3,(H,24,28). The van der Waals surface area contributed by atoms with Gasteiger partial charge in [-0.25, -0.2) is 4.79 Å². The number of carbonyl (C=O) groups excluding carboxylic acids is 2. The molecule has 0 aliphatic rings. The summed E-state index contributed by atoms with van der Waals surface area (Å²) in [5.74, 6) is 0.371. The first-order valence-corrected chi connectivity index (χ1v) is 11.4. The van der Waals surface area contributed by atoms with Gasteiger partial charge in [0.05, 0.1) is 29.1 Å². The molecule has 0 aliphatic heterocycles. The van der Waals surface area contributed by atoms with Gasteiger partial charge in [0, 0.05) is 16.9 Å². The molecule has 1 amide bonds. The number of fused-ring (bicyclic) bond motifs is 1. The molecule has 0 spiro atoms. The monoisotopic (exact) mass is 534 g/mol. The van der Waals surface area contributed by atoms with E-state index in [2.05, 4.69) is 31.4 Å². The first-order chi connectivity index (χ1) is 15.4. The lowest BCUT2D eigenvalue weighted by Crippen LogP contribution is -2.15. The number of rotatable bonds is 6. The number of benzene rings is 2. The molecule has 4 aromatic rings. The van der Waals surface area contributed by atoms with Crippen molar-refractivity contribution >= 4 is 67.8 Å². The molecule has 0 unspecified atom stereocenters. The van der Waals surface area contributed by atoms with E-state index in [1.807, 2.05) is 24.3 Å². The zero-order chi connectivity index (χ0) is 22.8. The van der Waals surface area contributed by atoms with Crippen molar-refractivity contribution in [2.45, 2.75) is 5.16 Å². The number of thioether (sulfide) groups is 1. The van der Waals surface area contributed by atoms with E-state index >= 15 is 0 Å². The van der Waals surface area contributed by atoms with Crippen LogP contribution in [0.5, 0.6) is 0 Å². The van der Waals surface area contributed by atoms with E-state index in [1.54, 1.807) is 11.6 Å². The van der Waals surface area contributed by atoms with Crippen molar-refractivity contribution in [2.75, 3.05) is 18.2 Å². The Balaban J connectivity index is 1.45. The molecule has 0 aliphatic carbocycles. The van der Waals surface area contributed by atoms with Crippen LogP contribution in [0.2, 0.25) is 5.02 Å². The first-order valence-electron chi connectivity index (χ1n) is 9.25. The van der Waals surface area contributed by atoms with Crippen LogP contribution in [0.25, 0.3) is 22.6 Å². The number of halogens is 2. The van der Waals surface area contributed by atoms with Gasteiger partial charge in [-0.2, -0.15) is 0 Å². The van der Waals surface area contributed by atoms with Crippen LogP contribution in [0.3, 0.4) is 0 Å². The molecule has 11 heteroatoms. The van der Waals surface area contributed by atoms with E-state index in [4.69, 9.17) is 20.8 Å². The van der Waals surface area contributed by atoms with Crippen molar-refractivity contribution in [1.29, 1.82) is 0 Å². The summed E-state index contributed by atoms with van der Waals surface area (Å²) in [5.41, 5.74) is 1.36.